The van der Waals surface area contributed by atoms with Crippen molar-refractivity contribution in [3.8, 4) is 5.75 Å². The maximum absolute atomic E-state index is 5.92. The van der Waals surface area contributed by atoms with E-state index in [1.165, 1.54) is 0 Å². The van der Waals surface area contributed by atoms with E-state index < -0.39 is 0 Å². The lowest BCUT2D eigenvalue weighted by Gasteiger charge is -2.06. The fourth-order valence-corrected chi connectivity index (χ4v) is 1.09. The van der Waals surface area contributed by atoms with Gasteiger partial charge in [0, 0.05) is 6.54 Å². The van der Waals surface area contributed by atoms with Gasteiger partial charge in [-0.05, 0) is 17.7 Å². The van der Waals surface area contributed by atoms with Crippen LogP contribution in [0.5, 0.6) is 5.75 Å². The number of hydrogen-bond donors (Lipinski definition) is 1. The van der Waals surface area contributed by atoms with E-state index in [0.717, 1.165) is 11.3 Å². The highest BCUT2D eigenvalue weighted by molar-refractivity contribution is 6.21. The molecule has 2 N–H and O–H groups in total. The molecule has 3 heteroatoms. The minimum absolute atomic E-state index is 0.101. The number of alkyl halides is 1. The number of methoxy groups -OCH3 is 1. The Morgan fingerprint density at radius 2 is 2.00 bits per heavy atom. The van der Waals surface area contributed by atoms with E-state index in [9.17, 15) is 0 Å². The minimum atomic E-state index is -0.101. The third-order valence-electron chi connectivity index (χ3n) is 1.68. The molecule has 0 saturated heterocycles. The molecule has 1 rings (SSSR count). The molecule has 0 fully saturated rings. The fraction of sp³-hybridized carbons (Fsp3) is 0.333. The van der Waals surface area contributed by atoms with Crippen molar-refractivity contribution in [3.05, 3.63) is 29.8 Å². The average molecular weight is 186 g/mol. The third-order valence-corrected chi connectivity index (χ3v) is 2.11. The molecule has 1 unspecified atom stereocenters. The van der Waals surface area contributed by atoms with Crippen LogP contribution in [0.25, 0.3) is 0 Å². The van der Waals surface area contributed by atoms with Crippen LogP contribution in [-0.4, -0.2) is 13.7 Å². The molecule has 0 saturated carbocycles. The summed E-state index contributed by atoms with van der Waals surface area (Å²) in [6, 6.07) is 7.59. The first-order chi connectivity index (χ1) is 5.77. The molecule has 0 radical (unpaired) electrons. The quantitative estimate of drug-likeness (QED) is 0.731. The number of benzene rings is 1. The first-order valence-electron chi connectivity index (χ1n) is 3.76. The topological polar surface area (TPSA) is 35.2 Å². The van der Waals surface area contributed by atoms with Crippen LogP contribution in [-0.2, 0) is 0 Å². The van der Waals surface area contributed by atoms with Crippen LogP contribution in [0.2, 0.25) is 0 Å². The molecule has 0 spiro atoms. The molecule has 12 heavy (non-hydrogen) atoms. The van der Waals surface area contributed by atoms with E-state index in [-0.39, 0.29) is 5.38 Å². The highest BCUT2D eigenvalue weighted by Crippen LogP contribution is 2.21. The van der Waals surface area contributed by atoms with Crippen LogP contribution in [0, 0.1) is 0 Å². The Labute approximate surface area is 77.3 Å². The molecule has 0 aliphatic rings. The van der Waals surface area contributed by atoms with Crippen molar-refractivity contribution in [3.63, 3.8) is 0 Å². The first-order valence-corrected chi connectivity index (χ1v) is 4.19. The molecule has 1 aromatic carbocycles. The van der Waals surface area contributed by atoms with Gasteiger partial charge in [0.25, 0.3) is 0 Å². The molecular weight excluding hydrogens is 174 g/mol. The summed E-state index contributed by atoms with van der Waals surface area (Å²) in [7, 11) is 1.64. The summed E-state index contributed by atoms with van der Waals surface area (Å²) in [5.74, 6) is 0.833. The molecule has 1 aromatic rings. The first kappa shape index (κ1) is 9.36. The molecule has 0 bridgehead atoms. The van der Waals surface area contributed by atoms with Crippen molar-refractivity contribution in [2.75, 3.05) is 13.7 Å². The standard InChI is InChI=1S/C9H12ClNO/c1-12-8-4-2-7(3-5-8)9(10)6-11/h2-5,9H,6,11H2,1H3. The van der Waals surface area contributed by atoms with Gasteiger partial charge in [0.2, 0.25) is 0 Å². The normalized spacial score (nSPS) is 12.6. The molecule has 0 aromatic heterocycles. The maximum atomic E-state index is 5.92. The van der Waals surface area contributed by atoms with Gasteiger partial charge in [0.05, 0.1) is 12.5 Å². The smallest absolute Gasteiger partial charge is 0.118 e. The maximum Gasteiger partial charge on any atom is 0.118 e. The van der Waals surface area contributed by atoms with E-state index in [4.69, 9.17) is 22.1 Å². The molecule has 1 atom stereocenters. The van der Waals surface area contributed by atoms with Crippen LogP contribution in [0.1, 0.15) is 10.9 Å². The van der Waals surface area contributed by atoms with Crippen molar-refractivity contribution in [1.82, 2.24) is 0 Å². The third kappa shape index (κ3) is 2.13. The summed E-state index contributed by atoms with van der Waals surface area (Å²) >= 11 is 5.92. The van der Waals surface area contributed by atoms with E-state index in [1.54, 1.807) is 7.11 Å². The molecule has 0 amide bonds. The number of hydrogen-bond acceptors (Lipinski definition) is 2. The summed E-state index contributed by atoms with van der Waals surface area (Å²) in [6.07, 6.45) is 0. The highest BCUT2D eigenvalue weighted by atomic mass is 35.5. The second kappa shape index (κ2) is 4.33. The van der Waals surface area contributed by atoms with Gasteiger partial charge in [-0.2, -0.15) is 0 Å². The Morgan fingerprint density at radius 3 is 2.42 bits per heavy atom. The number of ether oxygens (including phenoxy) is 1. The largest absolute Gasteiger partial charge is 0.497 e. The van der Waals surface area contributed by atoms with Crippen LogP contribution >= 0.6 is 11.6 Å². The average Bonchev–Trinajstić information content (AvgIpc) is 2.17. The Hall–Kier alpha value is -0.730. The zero-order valence-corrected chi connectivity index (χ0v) is 7.71. The van der Waals surface area contributed by atoms with E-state index in [0.29, 0.717) is 6.54 Å². The lowest BCUT2D eigenvalue weighted by Crippen LogP contribution is -2.06. The lowest BCUT2D eigenvalue weighted by atomic mass is 10.1. The predicted molar refractivity (Wildman–Crippen MR) is 50.6 cm³/mol. The van der Waals surface area contributed by atoms with E-state index in [1.807, 2.05) is 24.3 Å². The van der Waals surface area contributed by atoms with Crippen LogP contribution < -0.4 is 10.5 Å². The predicted octanol–water partition coefficient (Wildman–Crippen LogP) is 1.93. The summed E-state index contributed by atoms with van der Waals surface area (Å²) < 4.78 is 5.01. The van der Waals surface area contributed by atoms with Crippen LogP contribution in [0.15, 0.2) is 24.3 Å². The van der Waals surface area contributed by atoms with Gasteiger partial charge in [-0.1, -0.05) is 12.1 Å². The number of nitrogens with two attached hydrogens (primary N) is 1. The second-order valence-corrected chi connectivity index (χ2v) is 3.00. The summed E-state index contributed by atoms with van der Waals surface area (Å²) in [6.45, 7) is 0.452. The van der Waals surface area contributed by atoms with Crippen molar-refractivity contribution in [2.45, 2.75) is 5.38 Å². The van der Waals surface area contributed by atoms with Gasteiger partial charge in [0.15, 0.2) is 0 Å². The lowest BCUT2D eigenvalue weighted by molar-refractivity contribution is 0.414. The van der Waals surface area contributed by atoms with Crippen molar-refractivity contribution >= 4 is 11.6 Å². The van der Waals surface area contributed by atoms with Crippen LogP contribution in [0.4, 0.5) is 0 Å². The Kier molecular flexibility index (Phi) is 3.38. The molecular formula is C9H12ClNO. The zero-order chi connectivity index (χ0) is 8.97. The van der Waals surface area contributed by atoms with Gasteiger partial charge in [0.1, 0.15) is 5.75 Å². The monoisotopic (exact) mass is 185 g/mol. The zero-order valence-electron chi connectivity index (χ0n) is 6.96. The Morgan fingerprint density at radius 1 is 1.42 bits per heavy atom. The number of rotatable bonds is 3. The fourth-order valence-electron chi connectivity index (χ4n) is 0.949. The second-order valence-electron chi connectivity index (χ2n) is 2.48. The van der Waals surface area contributed by atoms with Gasteiger partial charge in [-0.3, -0.25) is 0 Å². The molecule has 0 aliphatic heterocycles. The molecule has 66 valence electrons. The Balaban J connectivity index is 2.77. The van der Waals surface area contributed by atoms with Gasteiger partial charge in [-0.25, -0.2) is 0 Å². The summed E-state index contributed by atoms with van der Waals surface area (Å²) in [5.41, 5.74) is 6.44. The van der Waals surface area contributed by atoms with Crippen molar-refractivity contribution < 1.29 is 4.74 Å². The SMILES string of the molecule is COc1ccc(C(Cl)CN)cc1. The highest BCUT2D eigenvalue weighted by Gasteiger charge is 2.04. The number of halogens is 1. The molecule has 0 heterocycles. The summed E-state index contributed by atoms with van der Waals surface area (Å²) in [4.78, 5) is 0. The molecule has 0 aliphatic carbocycles. The minimum Gasteiger partial charge on any atom is -0.497 e. The summed E-state index contributed by atoms with van der Waals surface area (Å²) in [5, 5.41) is -0.101. The van der Waals surface area contributed by atoms with Gasteiger partial charge >= 0.3 is 0 Å². The van der Waals surface area contributed by atoms with Gasteiger partial charge < -0.3 is 10.5 Å². The van der Waals surface area contributed by atoms with E-state index in [2.05, 4.69) is 0 Å². The van der Waals surface area contributed by atoms with Gasteiger partial charge in [-0.15, -0.1) is 11.6 Å². The molecule has 2 nitrogen and oxygen atoms in total. The Bertz CT molecular complexity index is 235. The van der Waals surface area contributed by atoms with Crippen LogP contribution in [0.3, 0.4) is 0 Å². The van der Waals surface area contributed by atoms with Crippen molar-refractivity contribution in [1.29, 1.82) is 0 Å². The van der Waals surface area contributed by atoms with Crippen molar-refractivity contribution in [2.24, 2.45) is 5.73 Å². The van der Waals surface area contributed by atoms with E-state index >= 15 is 0 Å².